The van der Waals surface area contributed by atoms with Crippen LogP contribution in [-0.2, 0) is 14.9 Å². The minimum Gasteiger partial charge on any atom is -0.478 e. The van der Waals surface area contributed by atoms with Crippen molar-refractivity contribution < 1.29 is 19.4 Å². The summed E-state index contributed by atoms with van der Waals surface area (Å²) in [7, 11) is 0. The lowest BCUT2D eigenvalue weighted by atomic mass is 9.73. The monoisotopic (exact) mass is 359 g/mol. The molecule has 0 saturated carbocycles. The van der Waals surface area contributed by atoms with Gasteiger partial charge in [0.15, 0.2) is 0 Å². The molecule has 2 N–H and O–H groups in total. The van der Waals surface area contributed by atoms with Gasteiger partial charge in [0, 0.05) is 23.9 Å². The van der Waals surface area contributed by atoms with Crippen LogP contribution >= 0.6 is 11.6 Å². The van der Waals surface area contributed by atoms with Gasteiger partial charge in [-0.25, -0.2) is 4.79 Å². The van der Waals surface area contributed by atoms with Gasteiger partial charge in [0.2, 0.25) is 5.91 Å². The number of carbonyl (C=O) groups excluding carboxylic acids is 1. The Balaban J connectivity index is 1.90. The first-order valence-corrected chi connectivity index (χ1v) is 8.38. The van der Waals surface area contributed by atoms with Crippen LogP contribution in [0.4, 0.5) is 5.69 Å². The first kappa shape index (κ1) is 17.5. The molecule has 1 amide bonds. The lowest BCUT2D eigenvalue weighted by Crippen LogP contribution is -2.45. The van der Waals surface area contributed by atoms with E-state index in [1.54, 1.807) is 18.2 Å². The molecule has 1 fully saturated rings. The maximum atomic E-state index is 13.1. The Hall–Kier alpha value is -2.37. The Morgan fingerprint density at radius 3 is 2.28 bits per heavy atom. The molecule has 2 aromatic rings. The molecule has 0 aromatic heterocycles. The van der Waals surface area contributed by atoms with Crippen molar-refractivity contribution in [1.82, 2.24) is 0 Å². The van der Waals surface area contributed by atoms with Crippen molar-refractivity contribution in [3.63, 3.8) is 0 Å². The van der Waals surface area contributed by atoms with E-state index in [4.69, 9.17) is 21.4 Å². The van der Waals surface area contributed by atoms with E-state index < -0.39 is 11.4 Å². The van der Waals surface area contributed by atoms with Gasteiger partial charge in [-0.2, -0.15) is 0 Å². The number of hydrogen-bond acceptors (Lipinski definition) is 3. The topological polar surface area (TPSA) is 75.6 Å². The standard InChI is InChI=1S/C19H18ClNO4/c20-16-4-2-1-3-15(16)19(9-11-25-12-10-19)18(24)21-14-7-5-13(6-8-14)17(22)23/h1-8H,9-12H2,(H,21,24)(H,22,23). The van der Waals surface area contributed by atoms with E-state index in [9.17, 15) is 9.59 Å². The largest absolute Gasteiger partial charge is 0.478 e. The lowest BCUT2D eigenvalue weighted by Gasteiger charge is -2.36. The van der Waals surface area contributed by atoms with Gasteiger partial charge in [-0.3, -0.25) is 4.79 Å². The number of hydrogen-bond donors (Lipinski definition) is 2. The number of nitrogens with one attached hydrogen (secondary N) is 1. The molecule has 0 bridgehead atoms. The fraction of sp³-hybridized carbons (Fsp3) is 0.263. The minimum absolute atomic E-state index is 0.160. The summed E-state index contributed by atoms with van der Waals surface area (Å²) in [5.41, 5.74) is 0.750. The van der Waals surface area contributed by atoms with Gasteiger partial charge in [-0.1, -0.05) is 29.8 Å². The normalized spacial score (nSPS) is 16.2. The maximum absolute atomic E-state index is 13.1. The van der Waals surface area contributed by atoms with E-state index in [0.717, 1.165) is 5.56 Å². The van der Waals surface area contributed by atoms with Crippen LogP contribution in [-0.4, -0.2) is 30.2 Å². The van der Waals surface area contributed by atoms with Crippen LogP contribution in [0.2, 0.25) is 5.02 Å². The van der Waals surface area contributed by atoms with Gasteiger partial charge in [0.25, 0.3) is 0 Å². The molecule has 130 valence electrons. The summed E-state index contributed by atoms with van der Waals surface area (Å²) in [4.78, 5) is 24.1. The number of ether oxygens (including phenoxy) is 1. The first-order valence-electron chi connectivity index (χ1n) is 8.00. The Labute approximate surface area is 150 Å². The number of halogens is 1. The summed E-state index contributed by atoms with van der Waals surface area (Å²) < 4.78 is 5.44. The van der Waals surface area contributed by atoms with Crippen LogP contribution in [0.15, 0.2) is 48.5 Å². The van der Waals surface area contributed by atoms with Crippen LogP contribution in [0.1, 0.15) is 28.8 Å². The number of aromatic carboxylic acids is 1. The molecule has 0 atom stereocenters. The van der Waals surface area contributed by atoms with E-state index in [1.807, 2.05) is 18.2 Å². The predicted octanol–water partition coefficient (Wildman–Crippen LogP) is 3.73. The third-order valence-corrected chi connectivity index (χ3v) is 4.89. The van der Waals surface area contributed by atoms with Crippen molar-refractivity contribution in [2.75, 3.05) is 18.5 Å². The Morgan fingerprint density at radius 1 is 1.04 bits per heavy atom. The van der Waals surface area contributed by atoms with Gasteiger partial charge in [0.05, 0.1) is 11.0 Å². The summed E-state index contributed by atoms with van der Waals surface area (Å²) in [6.45, 7) is 0.965. The van der Waals surface area contributed by atoms with Gasteiger partial charge < -0.3 is 15.2 Å². The van der Waals surface area contributed by atoms with Crippen molar-refractivity contribution in [2.45, 2.75) is 18.3 Å². The molecule has 0 aliphatic carbocycles. The fourth-order valence-electron chi connectivity index (χ4n) is 3.13. The highest BCUT2D eigenvalue weighted by atomic mass is 35.5. The predicted molar refractivity (Wildman–Crippen MR) is 95.2 cm³/mol. The van der Waals surface area contributed by atoms with Crippen molar-refractivity contribution in [3.05, 3.63) is 64.7 Å². The molecule has 5 nitrogen and oxygen atoms in total. The summed E-state index contributed by atoms with van der Waals surface area (Å²) in [6.07, 6.45) is 1.07. The van der Waals surface area contributed by atoms with Crippen LogP contribution in [0, 0.1) is 0 Å². The van der Waals surface area contributed by atoms with Crippen LogP contribution in [0.3, 0.4) is 0 Å². The zero-order chi connectivity index (χ0) is 17.9. The molecule has 1 heterocycles. The molecule has 25 heavy (non-hydrogen) atoms. The Morgan fingerprint density at radius 2 is 1.68 bits per heavy atom. The Kier molecular flexibility index (Phi) is 5.06. The van der Waals surface area contributed by atoms with E-state index in [0.29, 0.717) is 36.8 Å². The number of carboxylic acids is 1. The van der Waals surface area contributed by atoms with Gasteiger partial charge in [-0.15, -0.1) is 0 Å². The highest BCUT2D eigenvalue weighted by molar-refractivity contribution is 6.31. The molecule has 1 aliphatic rings. The zero-order valence-corrected chi connectivity index (χ0v) is 14.3. The number of rotatable bonds is 4. The van der Waals surface area contributed by atoms with Gasteiger partial charge >= 0.3 is 5.97 Å². The number of carboxylic acid groups (broad SMARTS) is 1. The molecule has 1 aliphatic heterocycles. The molecule has 0 unspecified atom stereocenters. The van der Waals surface area contributed by atoms with E-state index in [2.05, 4.69) is 5.32 Å². The van der Waals surface area contributed by atoms with Crippen LogP contribution < -0.4 is 5.32 Å². The summed E-state index contributed by atoms with van der Waals surface area (Å²) in [6, 6.07) is 13.5. The molecule has 1 saturated heterocycles. The van der Waals surface area contributed by atoms with Crippen molar-refractivity contribution in [2.24, 2.45) is 0 Å². The lowest BCUT2D eigenvalue weighted by molar-refractivity contribution is -0.125. The number of carbonyl (C=O) groups is 2. The molecular weight excluding hydrogens is 342 g/mol. The average molecular weight is 360 g/mol. The molecule has 0 radical (unpaired) electrons. The highest BCUT2D eigenvalue weighted by Crippen LogP contribution is 2.39. The van der Waals surface area contributed by atoms with Crippen LogP contribution in [0.5, 0.6) is 0 Å². The molecule has 2 aromatic carbocycles. The Bertz CT molecular complexity index is 782. The third kappa shape index (κ3) is 3.52. The van der Waals surface area contributed by atoms with E-state index in [1.165, 1.54) is 12.1 Å². The summed E-state index contributed by atoms with van der Waals surface area (Å²) in [5.74, 6) is -1.16. The second-order valence-corrected chi connectivity index (χ2v) is 6.42. The smallest absolute Gasteiger partial charge is 0.335 e. The molecule has 3 rings (SSSR count). The van der Waals surface area contributed by atoms with Crippen molar-refractivity contribution in [3.8, 4) is 0 Å². The third-order valence-electron chi connectivity index (χ3n) is 4.56. The number of amides is 1. The summed E-state index contributed by atoms with van der Waals surface area (Å²) >= 11 is 6.36. The van der Waals surface area contributed by atoms with E-state index in [-0.39, 0.29) is 11.5 Å². The quantitative estimate of drug-likeness (QED) is 0.872. The fourth-order valence-corrected chi connectivity index (χ4v) is 3.45. The van der Waals surface area contributed by atoms with Gasteiger partial charge in [0.1, 0.15) is 0 Å². The number of anilines is 1. The van der Waals surface area contributed by atoms with Crippen molar-refractivity contribution >= 4 is 29.2 Å². The summed E-state index contributed by atoms with van der Waals surface area (Å²) in [5, 5.41) is 12.4. The number of benzene rings is 2. The highest BCUT2D eigenvalue weighted by Gasteiger charge is 2.43. The van der Waals surface area contributed by atoms with Gasteiger partial charge in [-0.05, 0) is 48.7 Å². The average Bonchev–Trinajstić information content (AvgIpc) is 2.63. The SMILES string of the molecule is O=C(O)c1ccc(NC(=O)C2(c3ccccc3Cl)CCOCC2)cc1. The maximum Gasteiger partial charge on any atom is 0.335 e. The van der Waals surface area contributed by atoms with E-state index >= 15 is 0 Å². The zero-order valence-electron chi connectivity index (χ0n) is 13.5. The minimum atomic E-state index is -1.00. The van der Waals surface area contributed by atoms with Crippen molar-refractivity contribution in [1.29, 1.82) is 0 Å². The van der Waals surface area contributed by atoms with Crippen LogP contribution in [0.25, 0.3) is 0 Å². The molecule has 0 spiro atoms. The molecular formula is C19H18ClNO4. The second kappa shape index (κ2) is 7.25. The molecule has 6 heteroatoms. The first-order chi connectivity index (χ1) is 12.0. The second-order valence-electron chi connectivity index (χ2n) is 6.01.